The number of halogens is 1. The van der Waals surface area contributed by atoms with Crippen molar-refractivity contribution < 1.29 is 28.8 Å². The molecule has 0 heterocycles. The molecule has 2 N–H and O–H groups in total. The molecule has 0 fully saturated rings. The molecule has 0 saturated heterocycles. The van der Waals surface area contributed by atoms with Gasteiger partial charge in [-0.1, -0.05) is 23.7 Å². The molecule has 0 aliphatic heterocycles. The molecule has 11 heteroatoms. The van der Waals surface area contributed by atoms with Crippen molar-refractivity contribution in [3.05, 3.63) is 63.2 Å². The fraction of sp³-hybridized carbons (Fsp3) is 0.211. The maximum Gasteiger partial charge on any atom is 0.328 e. The SMILES string of the molecule is COc1ccc(NC(=O)COC(=O)C(C)NC(=O)c2ccccc2Cl)c([N+](=O)[O-])c1. The van der Waals surface area contributed by atoms with Crippen molar-refractivity contribution in [2.75, 3.05) is 19.0 Å². The minimum atomic E-state index is -1.06. The van der Waals surface area contributed by atoms with Crippen LogP contribution in [0.1, 0.15) is 17.3 Å². The van der Waals surface area contributed by atoms with E-state index in [1.54, 1.807) is 12.1 Å². The summed E-state index contributed by atoms with van der Waals surface area (Å²) in [6.07, 6.45) is 0. The highest BCUT2D eigenvalue weighted by Crippen LogP contribution is 2.28. The lowest BCUT2D eigenvalue weighted by atomic mass is 10.2. The zero-order chi connectivity index (χ0) is 22.3. The average Bonchev–Trinajstić information content (AvgIpc) is 2.72. The van der Waals surface area contributed by atoms with E-state index in [2.05, 4.69) is 10.6 Å². The summed E-state index contributed by atoms with van der Waals surface area (Å²) in [4.78, 5) is 46.7. The minimum Gasteiger partial charge on any atom is -0.496 e. The van der Waals surface area contributed by atoms with Crippen LogP contribution < -0.4 is 15.4 Å². The summed E-state index contributed by atoms with van der Waals surface area (Å²) in [5.74, 6) is -1.99. The number of amides is 2. The topological polar surface area (TPSA) is 137 Å². The third kappa shape index (κ3) is 5.92. The van der Waals surface area contributed by atoms with E-state index in [1.807, 2.05) is 0 Å². The summed E-state index contributed by atoms with van der Waals surface area (Å²) in [5, 5.41) is 16.1. The minimum absolute atomic E-state index is 0.0816. The van der Waals surface area contributed by atoms with E-state index < -0.39 is 35.4 Å². The van der Waals surface area contributed by atoms with E-state index in [1.165, 1.54) is 38.3 Å². The number of anilines is 1. The Labute approximate surface area is 176 Å². The van der Waals surface area contributed by atoms with Crippen LogP contribution in [0, 0.1) is 10.1 Å². The summed E-state index contributed by atoms with van der Waals surface area (Å²) >= 11 is 5.93. The van der Waals surface area contributed by atoms with Gasteiger partial charge in [-0.05, 0) is 31.2 Å². The summed E-state index contributed by atoms with van der Waals surface area (Å²) in [6, 6.07) is 9.11. The number of nitrogens with zero attached hydrogens (tertiary/aromatic N) is 1. The average molecular weight is 436 g/mol. The first-order valence-corrected chi connectivity index (χ1v) is 8.95. The molecule has 1 unspecified atom stereocenters. The van der Waals surface area contributed by atoms with Crippen molar-refractivity contribution in [2.45, 2.75) is 13.0 Å². The molecule has 0 saturated carbocycles. The van der Waals surface area contributed by atoms with Gasteiger partial charge in [0, 0.05) is 0 Å². The second-order valence-electron chi connectivity index (χ2n) is 5.97. The Morgan fingerprint density at radius 3 is 2.53 bits per heavy atom. The number of rotatable bonds is 8. The molecule has 2 aromatic rings. The highest BCUT2D eigenvalue weighted by atomic mass is 35.5. The van der Waals surface area contributed by atoms with Crippen LogP contribution in [-0.2, 0) is 14.3 Å². The van der Waals surface area contributed by atoms with Crippen LogP contribution in [0.5, 0.6) is 5.75 Å². The van der Waals surface area contributed by atoms with E-state index in [0.717, 1.165) is 6.07 Å². The maximum absolute atomic E-state index is 12.2. The van der Waals surface area contributed by atoms with Gasteiger partial charge in [0.15, 0.2) is 6.61 Å². The van der Waals surface area contributed by atoms with Crippen LogP contribution in [0.25, 0.3) is 0 Å². The summed E-state index contributed by atoms with van der Waals surface area (Å²) in [6.45, 7) is 0.678. The summed E-state index contributed by atoms with van der Waals surface area (Å²) < 4.78 is 9.77. The van der Waals surface area contributed by atoms with Crippen LogP contribution in [0.3, 0.4) is 0 Å². The fourth-order valence-electron chi connectivity index (χ4n) is 2.32. The van der Waals surface area contributed by atoms with Gasteiger partial charge in [-0.3, -0.25) is 19.7 Å². The molecule has 0 aliphatic rings. The zero-order valence-electron chi connectivity index (χ0n) is 16.0. The van der Waals surface area contributed by atoms with Crippen LogP contribution in [0.4, 0.5) is 11.4 Å². The van der Waals surface area contributed by atoms with Gasteiger partial charge in [0.2, 0.25) is 0 Å². The largest absolute Gasteiger partial charge is 0.496 e. The number of carbonyl (C=O) groups is 3. The van der Waals surface area contributed by atoms with E-state index in [9.17, 15) is 24.5 Å². The predicted molar refractivity (Wildman–Crippen MR) is 108 cm³/mol. The normalized spacial score (nSPS) is 11.2. The van der Waals surface area contributed by atoms with Gasteiger partial charge in [-0.15, -0.1) is 0 Å². The number of nitro benzene ring substituents is 1. The molecule has 0 radical (unpaired) electrons. The number of hydrogen-bond acceptors (Lipinski definition) is 7. The van der Waals surface area contributed by atoms with Crippen LogP contribution >= 0.6 is 11.6 Å². The van der Waals surface area contributed by atoms with Crippen molar-refractivity contribution in [2.24, 2.45) is 0 Å². The number of nitro groups is 1. The maximum atomic E-state index is 12.2. The number of esters is 1. The van der Waals surface area contributed by atoms with Gasteiger partial charge in [-0.25, -0.2) is 4.79 Å². The van der Waals surface area contributed by atoms with Crippen LogP contribution in [-0.4, -0.2) is 42.5 Å². The Bertz CT molecular complexity index is 980. The van der Waals surface area contributed by atoms with Crippen LogP contribution in [0.15, 0.2) is 42.5 Å². The lowest BCUT2D eigenvalue weighted by Crippen LogP contribution is -2.40. The highest BCUT2D eigenvalue weighted by molar-refractivity contribution is 6.33. The number of benzene rings is 2. The van der Waals surface area contributed by atoms with Gasteiger partial charge >= 0.3 is 5.97 Å². The van der Waals surface area contributed by atoms with Gasteiger partial charge in [0.05, 0.1) is 28.7 Å². The molecule has 0 spiro atoms. The first-order chi connectivity index (χ1) is 14.2. The number of methoxy groups -OCH3 is 1. The first kappa shape index (κ1) is 22.6. The number of carbonyl (C=O) groups excluding carboxylic acids is 3. The third-order valence-corrected chi connectivity index (χ3v) is 4.17. The Kier molecular flexibility index (Phi) is 7.70. The van der Waals surface area contributed by atoms with E-state index in [-0.39, 0.29) is 27.7 Å². The molecular formula is C19H18ClN3O7. The highest BCUT2D eigenvalue weighted by Gasteiger charge is 2.21. The lowest BCUT2D eigenvalue weighted by Gasteiger charge is -2.14. The molecule has 30 heavy (non-hydrogen) atoms. The first-order valence-electron chi connectivity index (χ1n) is 8.57. The van der Waals surface area contributed by atoms with Crippen molar-refractivity contribution >= 4 is 40.8 Å². The molecule has 10 nitrogen and oxygen atoms in total. The molecule has 2 aromatic carbocycles. The molecule has 0 aromatic heterocycles. The van der Waals surface area contributed by atoms with Gasteiger partial charge in [-0.2, -0.15) is 0 Å². The Morgan fingerprint density at radius 2 is 1.90 bits per heavy atom. The van der Waals surface area contributed by atoms with Gasteiger partial charge in [0.1, 0.15) is 17.5 Å². The smallest absolute Gasteiger partial charge is 0.328 e. The Hall–Kier alpha value is -3.66. The van der Waals surface area contributed by atoms with E-state index in [0.29, 0.717) is 0 Å². The van der Waals surface area contributed by atoms with Crippen molar-refractivity contribution in [1.29, 1.82) is 0 Å². The monoisotopic (exact) mass is 435 g/mol. The van der Waals surface area contributed by atoms with Crippen molar-refractivity contribution in [1.82, 2.24) is 5.32 Å². The van der Waals surface area contributed by atoms with E-state index >= 15 is 0 Å². The molecule has 2 amide bonds. The number of ether oxygens (including phenoxy) is 2. The zero-order valence-corrected chi connectivity index (χ0v) is 16.8. The third-order valence-electron chi connectivity index (χ3n) is 3.84. The molecule has 0 aliphatic carbocycles. The van der Waals surface area contributed by atoms with Gasteiger partial charge < -0.3 is 20.1 Å². The van der Waals surface area contributed by atoms with Crippen LogP contribution in [0.2, 0.25) is 5.02 Å². The Balaban J connectivity index is 1.91. The van der Waals surface area contributed by atoms with E-state index in [4.69, 9.17) is 21.1 Å². The second kappa shape index (κ2) is 10.2. The number of hydrogen-bond donors (Lipinski definition) is 2. The lowest BCUT2D eigenvalue weighted by molar-refractivity contribution is -0.384. The quantitative estimate of drug-likeness (QED) is 0.369. The van der Waals surface area contributed by atoms with Gasteiger partial charge in [0.25, 0.3) is 17.5 Å². The Morgan fingerprint density at radius 1 is 1.20 bits per heavy atom. The second-order valence-corrected chi connectivity index (χ2v) is 6.38. The van der Waals surface area contributed by atoms with Crippen molar-refractivity contribution in [3.63, 3.8) is 0 Å². The number of nitrogens with one attached hydrogen (secondary N) is 2. The van der Waals surface area contributed by atoms with Crippen molar-refractivity contribution in [3.8, 4) is 5.75 Å². The fourth-order valence-corrected chi connectivity index (χ4v) is 2.54. The predicted octanol–water partition coefficient (Wildman–Crippen LogP) is 2.56. The standard InChI is InChI=1S/C19H18ClN3O7/c1-11(21-18(25)13-5-3-4-6-14(13)20)19(26)30-10-17(24)22-15-8-7-12(29-2)9-16(15)23(27)28/h3-9,11H,10H2,1-2H3,(H,21,25)(H,22,24). The molecule has 1 atom stereocenters. The molecule has 158 valence electrons. The summed E-state index contributed by atoms with van der Waals surface area (Å²) in [5.41, 5.74) is -0.278. The molecule has 0 bridgehead atoms. The molecule has 2 rings (SSSR count). The molecular weight excluding hydrogens is 418 g/mol. The summed E-state index contributed by atoms with van der Waals surface area (Å²) in [7, 11) is 1.35.